The van der Waals surface area contributed by atoms with Crippen LogP contribution in [0.15, 0.2) is 0 Å². The van der Waals surface area contributed by atoms with E-state index < -0.39 is 10.8 Å². The topological polar surface area (TPSA) is 46.6 Å². The lowest BCUT2D eigenvalue weighted by Crippen LogP contribution is -2.42. The van der Waals surface area contributed by atoms with Crippen molar-refractivity contribution in [3.05, 3.63) is 0 Å². The lowest BCUT2D eigenvalue weighted by Gasteiger charge is -2.25. The molecule has 0 unspecified atom stereocenters. The summed E-state index contributed by atoms with van der Waals surface area (Å²) < 4.78 is 15.7. The summed E-state index contributed by atoms with van der Waals surface area (Å²) in [4.78, 5) is 12.7. The summed E-state index contributed by atoms with van der Waals surface area (Å²) in [6, 6.07) is 0. The zero-order valence-corrected chi connectivity index (χ0v) is 7.93. The zero-order valence-electron chi connectivity index (χ0n) is 7.12. The van der Waals surface area contributed by atoms with Crippen molar-refractivity contribution in [2.75, 3.05) is 31.2 Å². The van der Waals surface area contributed by atoms with Gasteiger partial charge >= 0.3 is 6.09 Å². The Morgan fingerprint density at radius 1 is 1.50 bits per heavy atom. The minimum Gasteiger partial charge on any atom is -0.450 e. The number of amides is 1. The molecule has 4 nitrogen and oxygen atoms in total. The Balaban J connectivity index is 2.33. The molecule has 1 aliphatic heterocycles. The number of carbonyl (C=O) groups excluding carboxylic acids is 1. The summed E-state index contributed by atoms with van der Waals surface area (Å²) in [5.41, 5.74) is 0. The van der Waals surface area contributed by atoms with Gasteiger partial charge in [-0.3, -0.25) is 4.21 Å². The Labute approximate surface area is 74.3 Å². The van der Waals surface area contributed by atoms with Crippen LogP contribution in [0.5, 0.6) is 0 Å². The third-order valence-electron chi connectivity index (χ3n) is 1.70. The van der Waals surface area contributed by atoms with Crippen molar-refractivity contribution in [3.63, 3.8) is 0 Å². The van der Waals surface area contributed by atoms with Crippen molar-refractivity contribution in [1.82, 2.24) is 4.90 Å². The average molecular weight is 191 g/mol. The van der Waals surface area contributed by atoms with Crippen LogP contribution in [0.4, 0.5) is 4.79 Å². The number of rotatable bonds is 1. The minimum absolute atomic E-state index is 0.283. The first-order chi connectivity index (χ1) is 5.74. The highest BCUT2D eigenvalue weighted by atomic mass is 32.2. The van der Waals surface area contributed by atoms with Crippen molar-refractivity contribution in [1.29, 1.82) is 0 Å². The van der Waals surface area contributed by atoms with Gasteiger partial charge in [-0.25, -0.2) is 4.79 Å². The van der Waals surface area contributed by atoms with Gasteiger partial charge in [0.1, 0.15) is 0 Å². The van der Waals surface area contributed by atoms with Crippen molar-refractivity contribution in [3.8, 4) is 0 Å². The van der Waals surface area contributed by atoms with E-state index in [0.29, 0.717) is 31.2 Å². The fourth-order valence-electron chi connectivity index (χ4n) is 1.04. The smallest absolute Gasteiger partial charge is 0.409 e. The molecule has 0 N–H and O–H groups in total. The van der Waals surface area contributed by atoms with Gasteiger partial charge in [0.2, 0.25) is 0 Å². The van der Waals surface area contributed by atoms with E-state index >= 15 is 0 Å². The van der Waals surface area contributed by atoms with Gasteiger partial charge in [-0.2, -0.15) is 0 Å². The van der Waals surface area contributed by atoms with Crippen LogP contribution in [-0.4, -0.2) is 46.4 Å². The summed E-state index contributed by atoms with van der Waals surface area (Å²) in [5.74, 6) is 1.16. The maximum absolute atomic E-state index is 11.1. The number of carbonyl (C=O) groups is 1. The molecular formula is C7H13NO3S. The maximum Gasteiger partial charge on any atom is 0.409 e. The molecule has 0 aromatic carbocycles. The molecule has 1 aliphatic rings. The largest absolute Gasteiger partial charge is 0.450 e. The molecule has 5 heteroatoms. The molecule has 0 bridgehead atoms. The molecule has 1 saturated heterocycles. The number of nitrogens with zero attached hydrogens (tertiary/aromatic N) is 1. The molecule has 0 aromatic heterocycles. The predicted molar refractivity (Wildman–Crippen MR) is 46.5 cm³/mol. The van der Waals surface area contributed by atoms with Crippen LogP contribution in [0, 0.1) is 0 Å². The first-order valence-corrected chi connectivity index (χ1v) is 5.49. The van der Waals surface area contributed by atoms with Gasteiger partial charge in [0.05, 0.1) is 6.61 Å². The monoisotopic (exact) mass is 191 g/mol. The van der Waals surface area contributed by atoms with Crippen LogP contribution >= 0.6 is 0 Å². The van der Waals surface area contributed by atoms with E-state index in [2.05, 4.69) is 0 Å². The Morgan fingerprint density at radius 2 is 2.08 bits per heavy atom. The normalized spacial score (nSPS) is 19.2. The van der Waals surface area contributed by atoms with Gasteiger partial charge in [0.25, 0.3) is 0 Å². The number of hydrogen-bond acceptors (Lipinski definition) is 3. The third kappa shape index (κ3) is 2.48. The summed E-state index contributed by atoms with van der Waals surface area (Å²) in [7, 11) is -0.731. The summed E-state index contributed by atoms with van der Waals surface area (Å²) in [6.07, 6.45) is -0.283. The van der Waals surface area contributed by atoms with Gasteiger partial charge in [-0.05, 0) is 6.92 Å². The molecule has 12 heavy (non-hydrogen) atoms. The van der Waals surface area contributed by atoms with Crippen LogP contribution in [-0.2, 0) is 15.5 Å². The van der Waals surface area contributed by atoms with E-state index in [9.17, 15) is 9.00 Å². The molecule has 0 aliphatic carbocycles. The molecule has 0 saturated carbocycles. The van der Waals surface area contributed by atoms with E-state index in [4.69, 9.17) is 4.74 Å². The molecule has 0 aromatic rings. The highest BCUT2D eigenvalue weighted by Gasteiger charge is 2.20. The fraction of sp³-hybridized carbons (Fsp3) is 0.857. The minimum atomic E-state index is -0.731. The van der Waals surface area contributed by atoms with Gasteiger partial charge in [-0.1, -0.05) is 0 Å². The lowest BCUT2D eigenvalue weighted by atomic mass is 10.5. The molecule has 0 radical (unpaired) electrons. The van der Waals surface area contributed by atoms with Crippen molar-refractivity contribution < 1.29 is 13.7 Å². The van der Waals surface area contributed by atoms with Crippen LogP contribution in [0.1, 0.15) is 6.92 Å². The van der Waals surface area contributed by atoms with E-state index in [1.807, 2.05) is 0 Å². The summed E-state index contributed by atoms with van der Waals surface area (Å²) >= 11 is 0. The predicted octanol–water partition coefficient (Wildman–Crippen LogP) is 0.207. The second-order valence-electron chi connectivity index (χ2n) is 2.53. The standard InChI is InChI=1S/C7H13NO3S/c1-2-11-7(9)8-3-5-12(10)6-4-8/h2-6H2,1H3. The molecule has 0 atom stereocenters. The number of ether oxygens (including phenoxy) is 1. The third-order valence-corrected chi connectivity index (χ3v) is 2.98. The second kappa shape index (κ2) is 4.45. The first kappa shape index (κ1) is 9.51. The van der Waals surface area contributed by atoms with Crippen LogP contribution in [0.2, 0.25) is 0 Å². The van der Waals surface area contributed by atoms with E-state index in [-0.39, 0.29) is 6.09 Å². The molecular weight excluding hydrogens is 178 g/mol. The Hall–Kier alpha value is -0.580. The fourth-order valence-corrected chi connectivity index (χ4v) is 2.09. The van der Waals surface area contributed by atoms with Crippen LogP contribution in [0.25, 0.3) is 0 Å². The maximum atomic E-state index is 11.1. The molecule has 1 heterocycles. The van der Waals surface area contributed by atoms with E-state index in [1.54, 1.807) is 11.8 Å². The van der Waals surface area contributed by atoms with Gasteiger partial charge in [0.15, 0.2) is 0 Å². The lowest BCUT2D eigenvalue weighted by molar-refractivity contribution is 0.111. The molecule has 0 spiro atoms. The highest BCUT2D eigenvalue weighted by molar-refractivity contribution is 7.85. The first-order valence-electron chi connectivity index (χ1n) is 4.00. The molecule has 1 rings (SSSR count). The second-order valence-corrected chi connectivity index (χ2v) is 4.23. The molecule has 70 valence electrons. The van der Waals surface area contributed by atoms with Gasteiger partial charge < -0.3 is 9.64 Å². The molecule has 1 fully saturated rings. The van der Waals surface area contributed by atoms with Crippen LogP contribution in [0.3, 0.4) is 0 Å². The van der Waals surface area contributed by atoms with Gasteiger partial charge in [-0.15, -0.1) is 0 Å². The van der Waals surface area contributed by atoms with E-state index in [1.165, 1.54) is 0 Å². The Kier molecular flexibility index (Phi) is 3.52. The Morgan fingerprint density at radius 3 is 2.58 bits per heavy atom. The average Bonchev–Trinajstić information content (AvgIpc) is 2.06. The van der Waals surface area contributed by atoms with E-state index in [0.717, 1.165) is 0 Å². The van der Waals surface area contributed by atoms with Crippen molar-refractivity contribution >= 4 is 16.9 Å². The van der Waals surface area contributed by atoms with Crippen molar-refractivity contribution in [2.24, 2.45) is 0 Å². The zero-order chi connectivity index (χ0) is 8.97. The number of hydrogen-bond donors (Lipinski definition) is 0. The highest BCUT2D eigenvalue weighted by Crippen LogP contribution is 2.01. The SMILES string of the molecule is CCOC(=O)N1CCS(=O)CC1. The van der Waals surface area contributed by atoms with Crippen molar-refractivity contribution in [2.45, 2.75) is 6.92 Å². The van der Waals surface area contributed by atoms with Gasteiger partial charge in [0, 0.05) is 35.4 Å². The Bertz CT molecular complexity index is 185. The van der Waals surface area contributed by atoms with Crippen LogP contribution < -0.4 is 0 Å². The quantitative estimate of drug-likeness (QED) is 0.595. The summed E-state index contributed by atoms with van der Waals surface area (Å²) in [5, 5.41) is 0. The molecule has 1 amide bonds. The summed E-state index contributed by atoms with van der Waals surface area (Å²) in [6.45, 7) is 3.30.